The Morgan fingerprint density at radius 2 is 1.71 bits per heavy atom. The summed E-state index contributed by atoms with van der Waals surface area (Å²) in [6.45, 7) is 4.87. The summed E-state index contributed by atoms with van der Waals surface area (Å²) >= 11 is 1.59. The number of hydrogen-bond acceptors (Lipinski definition) is 4. The molecule has 4 rings (SSSR count). The van der Waals surface area contributed by atoms with E-state index in [9.17, 15) is 9.59 Å². The molecule has 0 saturated carbocycles. The zero-order valence-electron chi connectivity index (χ0n) is 17.8. The van der Waals surface area contributed by atoms with E-state index in [1.165, 1.54) is 5.56 Å². The lowest BCUT2D eigenvalue weighted by Crippen LogP contribution is -2.48. The SMILES string of the molecule is O=C(CCCN1C(=O)CSc2ccccc21)N1CCN(CC=Cc2ccccc2)CC1. The zero-order valence-corrected chi connectivity index (χ0v) is 18.6. The Labute approximate surface area is 188 Å². The molecule has 0 aromatic heterocycles. The highest BCUT2D eigenvalue weighted by Gasteiger charge is 2.25. The van der Waals surface area contributed by atoms with E-state index in [0.717, 1.165) is 43.3 Å². The van der Waals surface area contributed by atoms with Gasteiger partial charge in [0.1, 0.15) is 0 Å². The third-order valence-electron chi connectivity index (χ3n) is 5.78. The predicted octanol–water partition coefficient (Wildman–Crippen LogP) is 3.76. The Kier molecular flexibility index (Phi) is 7.43. The summed E-state index contributed by atoms with van der Waals surface area (Å²) in [6, 6.07) is 18.3. The normalized spacial score (nSPS) is 17.2. The standard InChI is InChI=1S/C25H29N3O2S/c29-24(13-7-15-28-22-11-4-5-12-23(22)31-20-25(28)30)27-18-16-26(17-19-27)14-6-10-21-8-2-1-3-9-21/h1-6,8-12H,7,13-20H2. The van der Waals surface area contributed by atoms with Gasteiger partial charge in [-0.2, -0.15) is 0 Å². The Morgan fingerprint density at radius 3 is 2.52 bits per heavy atom. The average molecular weight is 436 g/mol. The fraction of sp³-hybridized carbons (Fsp3) is 0.360. The number of thioether (sulfide) groups is 1. The molecule has 1 saturated heterocycles. The summed E-state index contributed by atoms with van der Waals surface area (Å²) in [5.74, 6) is 0.811. The lowest BCUT2D eigenvalue weighted by Gasteiger charge is -2.34. The fourth-order valence-electron chi connectivity index (χ4n) is 4.03. The maximum Gasteiger partial charge on any atom is 0.237 e. The smallest absolute Gasteiger partial charge is 0.237 e. The first-order valence-corrected chi connectivity index (χ1v) is 11.9. The molecule has 0 spiro atoms. The number of carbonyl (C=O) groups is 2. The number of amides is 2. The van der Waals surface area contributed by atoms with E-state index >= 15 is 0 Å². The van der Waals surface area contributed by atoms with Gasteiger partial charge in [-0.3, -0.25) is 14.5 Å². The van der Waals surface area contributed by atoms with Crippen LogP contribution >= 0.6 is 11.8 Å². The monoisotopic (exact) mass is 435 g/mol. The van der Waals surface area contributed by atoms with Gasteiger partial charge >= 0.3 is 0 Å². The average Bonchev–Trinajstić information content (AvgIpc) is 2.81. The first-order valence-electron chi connectivity index (χ1n) is 10.9. The summed E-state index contributed by atoms with van der Waals surface area (Å²) in [5, 5.41) is 0. The van der Waals surface area contributed by atoms with Gasteiger partial charge in [-0.1, -0.05) is 54.6 Å². The van der Waals surface area contributed by atoms with E-state index in [0.29, 0.717) is 25.1 Å². The van der Waals surface area contributed by atoms with Gasteiger partial charge in [-0.25, -0.2) is 0 Å². The van der Waals surface area contributed by atoms with Crippen LogP contribution in [0.4, 0.5) is 5.69 Å². The first-order chi connectivity index (χ1) is 15.2. The molecule has 1 fully saturated rings. The summed E-state index contributed by atoms with van der Waals surface area (Å²) in [5.41, 5.74) is 2.19. The van der Waals surface area contributed by atoms with Crippen molar-refractivity contribution in [3.8, 4) is 0 Å². The van der Waals surface area contributed by atoms with Crippen LogP contribution < -0.4 is 4.90 Å². The van der Waals surface area contributed by atoms with Gasteiger partial charge in [0.25, 0.3) is 0 Å². The lowest BCUT2D eigenvalue weighted by atomic mass is 10.2. The highest BCUT2D eigenvalue weighted by atomic mass is 32.2. The van der Waals surface area contributed by atoms with Crippen LogP contribution in [-0.2, 0) is 9.59 Å². The van der Waals surface area contributed by atoms with Crippen molar-refractivity contribution in [1.82, 2.24) is 9.80 Å². The van der Waals surface area contributed by atoms with E-state index in [-0.39, 0.29) is 11.8 Å². The van der Waals surface area contributed by atoms with E-state index in [1.54, 1.807) is 11.8 Å². The van der Waals surface area contributed by atoms with Crippen molar-refractivity contribution in [3.63, 3.8) is 0 Å². The van der Waals surface area contributed by atoms with Gasteiger partial charge in [-0.05, 0) is 24.1 Å². The van der Waals surface area contributed by atoms with E-state index in [1.807, 2.05) is 46.2 Å². The molecule has 6 heteroatoms. The molecule has 2 aromatic rings. The lowest BCUT2D eigenvalue weighted by molar-refractivity contribution is -0.133. The summed E-state index contributed by atoms with van der Waals surface area (Å²) in [6.07, 6.45) is 5.53. The molecule has 0 bridgehead atoms. The Morgan fingerprint density at radius 1 is 0.968 bits per heavy atom. The number of anilines is 1. The minimum atomic E-state index is 0.133. The number of para-hydroxylation sites is 1. The molecular weight excluding hydrogens is 406 g/mol. The number of fused-ring (bicyclic) bond motifs is 1. The molecule has 2 aromatic carbocycles. The third kappa shape index (κ3) is 5.77. The summed E-state index contributed by atoms with van der Waals surface area (Å²) in [4.78, 5) is 32.3. The van der Waals surface area contributed by atoms with Crippen LogP contribution in [0.1, 0.15) is 18.4 Å². The van der Waals surface area contributed by atoms with E-state index in [4.69, 9.17) is 0 Å². The number of benzene rings is 2. The van der Waals surface area contributed by atoms with Crippen molar-refractivity contribution >= 4 is 35.3 Å². The molecule has 0 aliphatic carbocycles. The van der Waals surface area contributed by atoms with Gasteiger partial charge in [0.05, 0.1) is 11.4 Å². The minimum absolute atomic E-state index is 0.133. The van der Waals surface area contributed by atoms with E-state index in [2.05, 4.69) is 35.3 Å². The second kappa shape index (κ2) is 10.6. The maximum atomic E-state index is 12.7. The van der Waals surface area contributed by atoms with Crippen LogP contribution in [0.15, 0.2) is 65.6 Å². The van der Waals surface area contributed by atoms with Gasteiger partial charge in [0.2, 0.25) is 11.8 Å². The van der Waals surface area contributed by atoms with Crippen LogP contribution in [0.2, 0.25) is 0 Å². The maximum absolute atomic E-state index is 12.7. The molecule has 0 N–H and O–H groups in total. The number of hydrogen-bond donors (Lipinski definition) is 0. The zero-order chi connectivity index (χ0) is 21.5. The van der Waals surface area contributed by atoms with Crippen molar-refractivity contribution in [2.24, 2.45) is 0 Å². The Balaban J connectivity index is 1.19. The summed E-state index contributed by atoms with van der Waals surface area (Å²) in [7, 11) is 0. The second-order valence-corrected chi connectivity index (χ2v) is 8.92. The molecule has 5 nitrogen and oxygen atoms in total. The highest BCUT2D eigenvalue weighted by molar-refractivity contribution is 8.00. The number of nitrogens with zero attached hydrogens (tertiary/aromatic N) is 3. The van der Waals surface area contributed by atoms with Gasteiger partial charge in [0.15, 0.2) is 0 Å². The minimum Gasteiger partial charge on any atom is -0.340 e. The van der Waals surface area contributed by atoms with Crippen molar-refractivity contribution in [1.29, 1.82) is 0 Å². The molecule has 162 valence electrons. The topological polar surface area (TPSA) is 43.9 Å². The Bertz CT molecular complexity index is 923. The second-order valence-electron chi connectivity index (χ2n) is 7.90. The van der Waals surface area contributed by atoms with Crippen molar-refractivity contribution in [2.45, 2.75) is 17.7 Å². The number of rotatable bonds is 7. The quantitative estimate of drug-likeness (QED) is 0.664. The highest BCUT2D eigenvalue weighted by Crippen LogP contribution is 2.34. The molecule has 2 aliphatic heterocycles. The molecule has 0 atom stereocenters. The summed E-state index contributed by atoms with van der Waals surface area (Å²) < 4.78 is 0. The van der Waals surface area contributed by atoms with Crippen LogP contribution in [0.25, 0.3) is 6.08 Å². The fourth-order valence-corrected chi connectivity index (χ4v) is 4.96. The van der Waals surface area contributed by atoms with Crippen LogP contribution in [0.3, 0.4) is 0 Å². The number of carbonyl (C=O) groups excluding carboxylic acids is 2. The molecule has 2 heterocycles. The molecule has 0 unspecified atom stereocenters. The first kappa shape index (κ1) is 21.7. The van der Waals surface area contributed by atoms with Gasteiger partial charge in [-0.15, -0.1) is 11.8 Å². The third-order valence-corrected chi connectivity index (χ3v) is 6.83. The molecule has 2 amide bonds. The van der Waals surface area contributed by atoms with Crippen LogP contribution in [0, 0.1) is 0 Å². The largest absolute Gasteiger partial charge is 0.340 e. The van der Waals surface area contributed by atoms with Crippen molar-refractivity contribution in [3.05, 3.63) is 66.2 Å². The van der Waals surface area contributed by atoms with E-state index < -0.39 is 0 Å². The Hall–Kier alpha value is -2.57. The van der Waals surface area contributed by atoms with Crippen LogP contribution in [-0.4, -0.2) is 66.6 Å². The molecule has 0 radical (unpaired) electrons. The van der Waals surface area contributed by atoms with Gasteiger partial charge in [0, 0.05) is 50.6 Å². The van der Waals surface area contributed by atoms with Crippen molar-refractivity contribution < 1.29 is 9.59 Å². The molecular formula is C25H29N3O2S. The molecule has 2 aliphatic rings. The predicted molar refractivity (Wildman–Crippen MR) is 127 cm³/mol. The van der Waals surface area contributed by atoms with Crippen LogP contribution in [0.5, 0.6) is 0 Å². The van der Waals surface area contributed by atoms with Crippen molar-refractivity contribution in [2.75, 3.05) is 49.9 Å². The number of piperazine rings is 1. The molecule has 31 heavy (non-hydrogen) atoms. The van der Waals surface area contributed by atoms with Gasteiger partial charge < -0.3 is 9.80 Å².